The van der Waals surface area contributed by atoms with Crippen LogP contribution >= 0.6 is 11.8 Å². The van der Waals surface area contributed by atoms with Crippen LogP contribution in [0, 0.1) is 0 Å². The third kappa shape index (κ3) is 6.02. The fraction of sp³-hybridized carbons (Fsp3) is 0.0690. The van der Waals surface area contributed by atoms with Gasteiger partial charge in [0.1, 0.15) is 0 Å². The molecule has 1 heterocycles. The van der Waals surface area contributed by atoms with Crippen LogP contribution in [-0.4, -0.2) is 5.75 Å². The van der Waals surface area contributed by atoms with E-state index in [4.69, 9.17) is 0 Å². The standard InChI is InChI=1S/C58H43NS/c1-38-24-27-44(32-33-60-57-23-12-11-18-46(38)57)59(43-28-25-40(26-29-43)42-17-13-16-41(34-42)39-14-5-4-6-15-39)45-30-31-55-53(35-45)54-36-51-49-21-9-7-19-47(49)48-20-8-10-22-50(48)52(51)37-56(54)58(55,2)3/h4-32,34-37H,1,33H2,2-3H3/b27-24-,44-32+. The van der Waals surface area contributed by atoms with Crippen molar-refractivity contribution >= 4 is 61.0 Å². The van der Waals surface area contributed by atoms with Crippen molar-refractivity contribution in [3.63, 3.8) is 0 Å². The maximum Gasteiger partial charge on any atom is 0.0467 e. The van der Waals surface area contributed by atoms with Gasteiger partial charge in [0.05, 0.1) is 0 Å². The zero-order valence-electron chi connectivity index (χ0n) is 33.8. The summed E-state index contributed by atoms with van der Waals surface area (Å²) in [4.78, 5) is 3.68. The summed E-state index contributed by atoms with van der Waals surface area (Å²) < 4.78 is 0. The van der Waals surface area contributed by atoms with Crippen molar-refractivity contribution in [2.75, 3.05) is 10.7 Å². The fourth-order valence-electron chi connectivity index (χ4n) is 9.62. The van der Waals surface area contributed by atoms with Gasteiger partial charge in [0.25, 0.3) is 0 Å². The minimum absolute atomic E-state index is 0.164. The smallest absolute Gasteiger partial charge is 0.0467 e. The molecular weight excluding hydrogens is 743 g/mol. The predicted molar refractivity (Wildman–Crippen MR) is 259 cm³/mol. The van der Waals surface area contributed by atoms with Crippen LogP contribution in [0.25, 0.3) is 71.3 Å². The Morgan fingerprint density at radius 1 is 0.450 bits per heavy atom. The molecule has 2 heteroatoms. The number of benzene rings is 9. The minimum Gasteiger partial charge on any atom is -0.311 e. The molecule has 2 aliphatic rings. The first kappa shape index (κ1) is 36.2. The Bertz CT molecular complexity index is 3240. The lowest BCUT2D eigenvalue weighted by Crippen LogP contribution is -2.17. The molecule has 0 spiro atoms. The van der Waals surface area contributed by atoms with Crippen molar-refractivity contribution in [1.82, 2.24) is 0 Å². The quantitative estimate of drug-likeness (QED) is 0.160. The van der Waals surface area contributed by atoms with Gasteiger partial charge in [0.2, 0.25) is 0 Å². The second kappa shape index (κ2) is 14.4. The molecule has 0 fully saturated rings. The van der Waals surface area contributed by atoms with Gasteiger partial charge in [-0.25, -0.2) is 0 Å². The van der Waals surface area contributed by atoms with E-state index >= 15 is 0 Å². The first-order valence-corrected chi connectivity index (χ1v) is 21.8. The van der Waals surface area contributed by atoms with Crippen molar-refractivity contribution in [3.05, 3.63) is 229 Å². The topological polar surface area (TPSA) is 3.24 Å². The molecule has 1 nitrogen and oxygen atoms in total. The second-order valence-electron chi connectivity index (χ2n) is 16.5. The molecule has 0 amide bonds. The third-order valence-electron chi connectivity index (χ3n) is 12.7. The lowest BCUT2D eigenvalue weighted by atomic mass is 9.81. The van der Waals surface area contributed by atoms with E-state index in [0.29, 0.717) is 0 Å². The van der Waals surface area contributed by atoms with Gasteiger partial charge in [-0.3, -0.25) is 0 Å². The van der Waals surface area contributed by atoms with E-state index in [9.17, 15) is 0 Å². The molecule has 0 saturated heterocycles. The van der Waals surface area contributed by atoms with Crippen LogP contribution in [0.2, 0.25) is 0 Å². The van der Waals surface area contributed by atoms with Crippen LogP contribution in [0.5, 0.6) is 0 Å². The van der Waals surface area contributed by atoms with Crippen molar-refractivity contribution in [1.29, 1.82) is 0 Å². The van der Waals surface area contributed by atoms with E-state index in [1.807, 2.05) is 11.8 Å². The first-order valence-electron chi connectivity index (χ1n) is 20.8. The number of nitrogens with zero attached hydrogens (tertiary/aromatic N) is 1. The second-order valence-corrected chi connectivity index (χ2v) is 17.6. The van der Waals surface area contributed by atoms with Gasteiger partial charge in [-0.05, 0) is 143 Å². The molecule has 0 atom stereocenters. The van der Waals surface area contributed by atoms with E-state index in [0.717, 1.165) is 28.4 Å². The SMILES string of the molecule is C=C1/C=C\C(N(c2ccc(-c3cccc(-c4ccccc4)c3)cc2)c2ccc3c(c2)-c2cc4c5ccccc5c5ccccc5c4cc2C3(C)C)=C/CSc2ccccc21. The van der Waals surface area contributed by atoms with Crippen LogP contribution in [0.1, 0.15) is 30.5 Å². The monoisotopic (exact) mass is 785 g/mol. The molecule has 60 heavy (non-hydrogen) atoms. The highest BCUT2D eigenvalue weighted by Crippen LogP contribution is 2.53. The molecule has 1 aliphatic carbocycles. The van der Waals surface area contributed by atoms with Gasteiger partial charge in [-0.2, -0.15) is 0 Å². The van der Waals surface area contributed by atoms with Crippen molar-refractivity contribution in [2.24, 2.45) is 0 Å². The van der Waals surface area contributed by atoms with Crippen LogP contribution in [0.4, 0.5) is 11.4 Å². The third-order valence-corrected chi connectivity index (χ3v) is 13.7. The maximum absolute atomic E-state index is 4.52. The average Bonchev–Trinajstić information content (AvgIpc) is 3.56. The zero-order chi connectivity index (χ0) is 40.4. The van der Waals surface area contributed by atoms with E-state index in [1.165, 1.54) is 87.3 Å². The lowest BCUT2D eigenvalue weighted by molar-refractivity contribution is 0.661. The Labute approximate surface area is 356 Å². The number of thioether (sulfide) groups is 1. The van der Waals surface area contributed by atoms with Gasteiger partial charge < -0.3 is 4.90 Å². The van der Waals surface area contributed by atoms with E-state index in [2.05, 4.69) is 226 Å². The van der Waals surface area contributed by atoms with Gasteiger partial charge >= 0.3 is 0 Å². The maximum atomic E-state index is 4.52. The molecule has 286 valence electrons. The van der Waals surface area contributed by atoms with Crippen LogP contribution in [0.3, 0.4) is 0 Å². The molecule has 0 radical (unpaired) electrons. The Kier molecular flexibility index (Phi) is 8.72. The van der Waals surface area contributed by atoms with Crippen LogP contribution in [0.15, 0.2) is 217 Å². The molecular formula is C58H43NS. The number of hydrogen-bond donors (Lipinski definition) is 0. The summed E-state index contributed by atoms with van der Waals surface area (Å²) >= 11 is 1.86. The molecule has 0 bridgehead atoms. The lowest BCUT2D eigenvalue weighted by Gasteiger charge is -2.28. The average molecular weight is 786 g/mol. The van der Waals surface area contributed by atoms with E-state index in [-0.39, 0.29) is 5.41 Å². The van der Waals surface area contributed by atoms with Gasteiger partial charge in [0.15, 0.2) is 0 Å². The summed E-state index contributed by atoms with van der Waals surface area (Å²) in [7, 11) is 0. The predicted octanol–water partition coefficient (Wildman–Crippen LogP) is 16.2. The highest BCUT2D eigenvalue weighted by Gasteiger charge is 2.36. The minimum atomic E-state index is -0.164. The molecule has 11 rings (SSSR count). The van der Waals surface area contributed by atoms with Crippen molar-refractivity contribution in [2.45, 2.75) is 24.2 Å². The highest BCUT2D eigenvalue weighted by molar-refractivity contribution is 7.99. The summed E-state index contributed by atoms with van der Waals surface area (Å²) in [6.07, 6.45) is 6.79. The normalized spacial score (nSPS) is 15.6. The molecule has 0 saturated carbocycles. The molecule has 0 N–H and O–H groups in total. The number of rotatable bonds is 5. The molecule has 0 unspecified atom stereocenters. The fourth-order valence-corrected chi connectivity index (χ4v) is 10.6. The summed E-state index contributed by atoms with van der Waals surface area (Å²) in [5.74, 6) is 0.832. The van der Waals surface area contributed by atoms with Gasteiger partial charge in [0, 0.05) is 33.1 Å². The van der Waals surface area contributed by atoms with Crippen LogP contribution < -0.4 is 4.90 Å². The van der Waals surface area contributed by atoms with Gasteiger partial charge in [-0.1, -0.05) is 166 Å². The van der Waals surface area contributed by atoms with E-state index < -0.39 is 0 Å². The number of fused-ring (bicyclic) bond motifs is 10. The molecule has 0 aromatic heterocycles. The number of anilines is 2. The summed E-state index contributed by atoms with van der Waals surface area (Å²) in [5.41, 5.74) is 15.6. The summed E-state index contributed by atoms with van der Waals surface area (Å²) in [5, 5.41) is 7.84. The Hall–Kier alpha value is -6.87. The van der Waals surface area contributed by atoms with Crippen molar-refractivity contribution in [3.8, 4) is 33.4 Å². The first-order chi connectivity index (χ1) is 29.4. The Balaban J connectivity index is 1.07. The van der Waals surface area contributed by atoms with E-state index in [1.54, 1.807) is 0 Å². The highest BCUT2D eigenvalue weighted by atomic mass is 32.2. The van der Waals surface area contributed by atoms with Crippen LogP contribution in [-0.2, 0) is 5.41 Å². The Morgan fingerprint density at radius 3 is 1.73 bits per heavy atom. The zero-order valence-corrected chi connectivity index (χ0v) is 34.6. The number of hydrogen-bond acceptors (Lipinski definition) is 2. The molecule has 9 aromatic rings. The van der Waals surface area contributed by atoms with Crippen molar-refractivity contribution < 1.29 is 0 Å². The Morgan fingerprint density at radius 2 is 1.02 bits per heavy atom. The number of allylic oxidation sites excluding steroid dienone is 3. The van der Waals surface area contributed by atoms with Gasteiger partial charge in [-0.15, -0.1) is 11.8 Å². The summed E-state index contributed by atoms with van der Waals surface area (Å²) in [6.45, 7) is 9.30. The molecule has 9 aromatic carbocycles. The molecule has 1 aliphatic heterocycles. The summed E-state index contributed by atoms with van der Waals surface area (Å²) in [6, 6.07) is 67.1. The largest absolute Gasteiger partial charge is 0.311 e.